The van der Waals surface area contributed by atoms with Crippen LogP contribution in [0.2, 0.25) is 0 Å². The van der Waals surface area contributed by atoms with Gasteiger partial charge in [-0.3, -0.25) is 0 Å². The van der Waals surface area contributed by atoms with Gasteiger partial charge in [0.1, 0.15) is 0 Å². The average molecular weight is 441 g/mol. The molecule has 2 nitrogen and oxygen atoms in total. The summed E-state index contributed by atoms with van der Waals surface area (Å²) < 4.78 is 0. The van der Waals surface area contributed by atoms with E-state index in [0.717, 1.165) is 17.3 Å². The Balaban J connectivity index is 0.000000122. The van der Waals surface area contributed by atoms with E-state index in [2.05, 4.69) is 50.5 Å². The van der Waals surface area contributed by atoms with E-state index in [1.165, 1.54) is 45.2 Å². The standard InChI is InChI=1S/C13H18S.C9H20N2.C6H6/c1-11-5-10-2-9-3-12(6-11,8-14)7-13(10,11)4-9;1-9(2)7-11(4)6-5-8(9)10-3;1-2-4-6-5-3-1/h8-10H,2-7H2,1H3;8,10H,5-7H2,1-4H3;1-6H. The van der Waals surface area contributed by atoms with Crippen molar-refractivity contribution in [2.75, 3.05) is 27.2 Å². The number of nitrogens with one attached hydrogen (secondary N) is 1. The third kappa shape index (κ3) is 4.15. The molecule has 31 heavy (non-hydrogen) atoms. The van der Waals surface area contributed by atoms with Gasteiger partial charge in [-0.1, -0.05) is 69.4 Å². The van der Waals surface area contributed by atoms with Crippen molar-refractivity contribution in [3.05, 3.63) is 36.4 Å². The molecule has 0 radical (unpaired) electrons. The van der Waals surface area contributed by atoms with E-state index in [9.17, 15) is 0 Å². The maximum atomic E-state index is 5.34. The molecule has 1 heterocycles. The molecule has 3 bridgehead atoms. The van der Waals surface area contributed by atoms with Gasteiger partial charge < -0.3 is 10.2 Å². The molecule has 0 aromatic heterocycles. The predicted molar refractivity (Wildman–Crippen MR) is 136 cm³/mol. The number of piperidine rings is 1. The molecular weight excluding hydrogens is 396 g/mol. The van der Waals surface area contributed by atoms with Gasteiger partial charge in [0.25, 0.3) is 0 Å². The number of benzene rings is 1. The third-order valence-electron chi connectivity index (χ3n) is 9.74. The number of rotatable bonds is 2. The molecule has 6 unspecified atom stereocenters. The third-order valence-corrected chi connectivity index (χ3v) is 10.2. The summed E-state index contributed by atoms with van der Waals surface area (Å²) in [5.41, 5.74) is 2.39. The van der Waals surface area contributed by atoms with E-state index in [-0.39, 0.29) is 0 Å². The minimum absolute atomic E-state index is 0.432. The van der Waals surface area contributed by atoms with E-state index in [4.69, 9.17) is 12.2 Å². The molecule has 6 atom stereocenters. The molecule has 1 saturated heterocycles. The zero-order chi connectivity index (χ0) is 22.3. The Morgan fingerprint density at radius 2 is 1.61 bits per heavy atom. The van der Waals surface area contributed by atoms with E-state index in [1.54, 1.807) is 12.8 Å². The first kappa shape index (κ1) is 23.4. The maximum absolute atomic E-state index is 5.34. The highest BCUT2D eigenvalue weighted by molar-refractivity contribution is 7.79. The monoisotopic (exact) mass is 440 g/mol. The number of fused-ring (bicyclic) bond motifs is 2. The molecule has 4 aliphatic carbocycles. The topological polar surface area (TPSA) is 15.3 Å². The Morgan fingerprint density at radius 1 is 0.968 bits per heavy atom. The molecule has 0 amide bonds. The lowest BCUT2D eigenvalue weighted by Crippen LogP contribution is -2.52. The molecule has 1 aliphatic heterocycles. The molecule has 172 valence electrons. The van der Waals surface area contributed by atoms with Crippen molar-refractivity contribution >= 4 is 17.6 Å². The van der Waals surface area contributed by atoms with E-state index < -0.39 is 0 Å². The first-order valence-corrected chi connectivity index (χ1v) is 13.0. The zero-order valence-electron chi connectivity index (χ0n) is 20.5. The van der Waals surface area contributed by atoms with Crippen LogP contribution in [0.15, 0.2) is 36.4 Å². The van der Waals surface area contributed by atoms with Crippen LogP contribution in [0.1, 0.15) is 65.7 Å². The van der Waals surface area contributed by atoms with Gasteiger partial charge >= 0.3 is 0 Å². The predicted octanol–water partition coefficient (Wildman–Crippen LogP) is 6.22. The Bertz CT molecular complexity index is 737. The molecule has 5 aliphatic rings. The normalized spacial score (nSPS) is 43.6. The molecule has 1 spiro atoms. The fraction of sp³-hybridized carbons (Fsp3) is 0.750. The molecule has 5 fully saturated rings. The van der Waals surface area contributed by atoms with E-state index in [1.807, 2.05) is 36.4 Å². The number of thiocarbonyl (C=S) groups is 1. The van der Waals surface area contributed by atoms with Crippen LogP contribution in [-0.4, -0.2) is 43.5 Å². The van der Waals surface area contributed by atoms with Crippen LogP contribution in [0.5, 0.6) is 0 Å². The number of hydrogen-bond donors (Lipinski definition) is 1. The van der Waals surface area contributed by atoms with Gasteiger partial charge in [-0.05, 0) is 104 Å². The van der Waals surface area contributed by atoms with Crippen LogP contribution in [0.3, 0.4) is 0 Å². The lowest BCUT2D eigenvalue weighted by molar-refractivity contribution is -0.0854. The van der Waals surface area contributed by atoms with E-state index in [0.29, 0.717) is 22.3 Å². The number of hydrogen-bond acceptors (Lipinski definition) is 3. The van der Waals surface area contributed by atoms with Crippen molar-refractivity contribution in [3.8, 4) is 0 Å². The highest BCUT2D eigenvalue weighted by Gasteiger charge is 2.75. The highest BCUT2D eigenvalue weighted by Crippen LogP contribution is 2.83. The Morgan fingerprint density at radius 3 is 2.16 bits per heavy atom. The van der Waals surface area contributed by atoms with Crippen LogP contribution in [0, 0.1) is 33.5 Å². The zero-order valence-corrected chi connectivity index (χ0v) is 21.3. The van der Waals surface area contributed by atoms with Gasteiger partial charge in [-0.15, -0.1) is 0 Å². The first-order valence-electron chi connectivity index (χ1n) is 12.5. The second kappa shape index (κ2) is 8.54. The van der Waals surface area contributed by atoms with Crippen molar-refractivity contribution in [1.82, 2.24) is 10.2 Å². The van der Waals surface area contributed by atoms with Crippen LogP contribution >= 0.6 is 12.2 Å². The highest BCUT2D eigenvalue weighted by atomic mass is 32.1. The van der Waals surface area contributed by atoms with Crippen molar-refractivity contribution in [2.45, 2.75) is 71.8 Å². The van der Waals surface area contributed by atoms with Crippen molar-refractivity contribution in [2.24, 2.45) is 33.5 Å². The van der Waals surface area contributed by atoms with Gasteiger partial charge in [0.2, 0.25) is 0 Å². The summed E-state index contributed by atoms with van der Waals surface area (Å²) in [6, 6.07) is 12.7. The Hall–Kier alpha value is -0.770. The summed E-state index contributed by atoms with van der Waals surface area (Å²) >= 11 is 5.34. The first-order chi connectivity index (χ1) is 14.7. The summed E-state index contributed by atoms with van der Waals surface area (Å²) in [6.07, 6.45) is 10.2. The number of likely N-dealkylation sites (tertiary alicyclic amines) is 1. The number of nitrogens with zero attached hydrogens (tertiary/aromatic N) is 1. The van der Waals surface area contributed by atoms with Gasteiger partial charge in [-0.25, -0.2) is 0 Å². The van der Waals surface area contributed by atoms with Crippen LogP contribution in [-0.2, 0) is 0 Å². The largest absolute Gasteiger partial charge is 0.316 e. The summed E-state index contributed by atoms with van der Waals surface area (Å²) in [5.74, 6) is 2.13. The second-order valence-corrected chi connectivity index (χ2v) is 12.7. The molecular formula is C28H44N2S. The van der Waals surface area contributed by atoms with Crippen molar-refractivity contribution < 1.29 is 0 Å². The molecule has 3 heteroatoms. The fourth-order valence-corrected chi connectivity index (χ4v) is 8.99. The van der Waals surface area contributed by atoms with Gasteiger partial charge in [0.05, 0.1) is 0 Å². The Labute approximate surface area is 196 Å². The average Bonchev–Trinajstić information content (AvgIpc) is 3.04. The van der Waals surface area contributed by atoms with Gasteiger partial charge in [0.15, 0.2) is 0 Å². The summed E-state index contributed by atoms with van der Waals surface area (Å²) in [7, 11) is 4.27. The SMILES string of the molecule is CC12CC3CC4CC(C=S)(C1)CC32C4.CNC1CCN(C)CC1(C)C.c1ccccc1. The quantitative estimate of drug-likeness (QED) is 0.550. The van der Waals surface area contributed by atoms with Crippen molar-refractivity contribution in [1.29, 1.82) is 0 Å². The van der Waals surface area contributed by atoms with E-state index >= 15 is 0 Å². The maximum Gasteiger partial charge on any atom is 0.0140 e. The lowest BCUT2D eigenvalue weighted by Gasteiger charge is -2.57. The van der Waals surface area contributed by atoms with Crippen LogP contribution in [0.25, 0.3) is 0 Å². The summed E-state index contributed by atoms with van der Waals surface area (Å²) in [6.45, 7) is 9.67. The van der Waals surface area contributed by atoms with Gasteiger partial charge in [0, 0.05) is 12.6 Å². The lowest BCUT2D eigenvalue weighted by atomic mass is 9.47. The van der Waals surface area contributed by atoms with Crippen LogP contribution in [0.4, 0.5) is 0 Å². The smallest absolute Gasteiger partial charge is 0.0140 e. The molecule has 1 N–H and O–H groups in total. The summed E-state index contributed by atoms with van der Waals surface area (Å²) in [5, 5.41) is 5.55. The van der Waals surface area contributed by atoms with Crippen LogP contribution < -0.4 is 5.32 Å². The Kier molecular flexibility index (Phi) is 6.44. The minimum Gasteiger partial charge on any atom is -0.316 e. The minimum atomic E-state index is 0.432. The molecule has 1 aromatic carbocycles. The molecule has 1 aromatic rings. The fourth-order valence-electron chi connectivity index (χ4n) is 8.72. The molecule has 6 rings (SSSR count). The second-order valence-electron chi connectivity index (χ2n) is 12.5. The van der Waals surface area contributed by atoms with Crippen molar-refractivity contribution in [3.63, 3.8) is 0 Å². The molecule has 4 saturated carbocycles. The summed E-state index contributed by atoms with van der Waals surface area (Å²) in [4.78, 5) is 2.41. The van der Waals surface area contributed by atoms with Gasteiger partial charge in [-0.2, -0.15) is 0 Å².